The smallest absolute Gasteiger partial charge is 0.349 e. The van der Waals surface area contributed by atoms with Gasteiger partial charge in [0.2, 0.25) is 10.0 Å². The molecular weight excluding hydrogens is 362 g/mol. The summed E-state index contributed by atoms with van der Waals surface area (Å²) in [5.41, 5.74) is 0.998. The Balaban J connectivity index is 1.90. The average Bonchev–Trinajstić information content (AvgIpc) is 3.09. The van der Waals surface area contributed by atoms with Crippen molar-refractivity contribution in [2.24, 2.45) is 0 Å². The monoisotopic (exact) mass is 379 g/mol. The predicted octanol–water partition coefficient (Wildman–Crippen LogP) is 2.20. The summed E-state index contributed by atoms with van der Waals surface area (Å²) in [5, 5.41) is 1.52. The summed E-state index contributed by atoms with van der Waals surface area (Å²) < 4.78 is 36.8. The number of carbonyl (C=O) groups is 1. The van der Waals surface area contributed by atoms with E-state index < -0.39 is 16.0 Å². The minimum absolute atomic E-state index is 0.0332. The van der Waals surface area contributed by atoms with E-state index in [1.807, 2.05) is 31.2 Å². The first kappa shape index (κ1) is 19.0. The third kappa shape index (κ3) is 5.06. The van der Waals surface area contributed by atoms with E-state index in [4.69, 9.17) is 4.74 Å². The molecular formula is C17H17NO5S2. The highest BCUT2D eigenvalue weighted by Crippen LogP contribution is 2.22. The summed E-state index contributed by atoms with van der Waals surface area (Å²) in [6.07, 6.45) is 0. The molecule has 0 fully saturated rings. The molecule has 1 aromatic heterocycles. The molecule has 1 N–H and O–H groups in total. The molecule has 0 saturated heterocycles. The van der Waals surface area contributed by atoms with Crippen molar-refractivity contribution in [2.45, 2.75) is 11.8 Å². The molecule has 1 aromatic carbocycles. The van der Waals surface area contributed by atoms with E-state index in [0.29, 0.717) is 0 Å². The van der Waals surface area contributed by atoms with Gasteiger partial charge < -0.3 is 9.47 Å². The van der Waals surface area contributed by atoms with Gasteiger partial charge in [0, 0.05) is 0 Å². The van der Waals surface area contributed by atoms with Crippen LogP contribution in [0.1, 0.15) is 15.2 Å². The predicted molar refractivity (Wildman–Crippen MR) is 95.3 cm³/mol. The molecule has 8 heteroatoms. The number of benzene rings is 1. The largest absolute Gasteiger partial charge is 0.481 e. The van der Waals surface area contributed by atoms with Crippen LogP contribution in [0.4, 0.5) is 0 Å². The van der Waals surface area contributed by atoms with Gasteiger partial charge in [-0.1, -0.05) is 30.0 Å². The highest BCUT2D eigenvalue weighted by molar-refractivity contribution is 7.89. The Morgan fingerprint density at radius 3 is 2.72 bits per heavy atom. The molecule has 2 aromatic rings. The Labute approximate surface area is 150 Å². The van der Waals surface area contributed by atoms with Gasteiger partial charge in [-0.05, 0) is 30.0 Å². The summed E-state index contributed by atoms with van der Waals surface area (Å²) in [6, 6.07) is 8.90. The Kier molecular flexibility index (Phi) is 6.58. The van der Waals surface area contributed by atoms with Crippen LogP contribution in [0.2, 0.25) is 0 Å². The van der Waals surface area contributed by atoms with Crippen LogP contribution < -0.4 is 9.46 Å². The van der Waals surface area contributed by atoms with E-state index in [0.717, 1.165) is 22.6 Å². The fourth-order valence-corrected chi connectivity index (χ4v) is 4.16. The molecule has 0 saturated carbocycles. The SMILES string of the molecule is COC(=O)c1sccc1S(=O)(=O)NCC#CCOc1ccccc1C. The topological polar surface area (TPSA) is 81.7 Å². The van der Waals surface area contributed by atoms with Crippen molar-refractivity contribution >= 4 is 27.3 Å². The Morgan fingerprint density at radius 1 is 1.24 bits per heavy atom. The van der Waals surface area contributed by atoms with Gasteiger partial charge in [0.05, 0.1) is 13.7 Å². The first-order valence-electron chi connectivity index (χ1n) is 7.25. The lowest BCUT2D eigenvalue weighted by Crippen LogP contribution is -2.25. The highest BCUT2D eigenvalue weighted by atomic mass is 32.2. The minimum Gasteiger partial charge on any atom is -0.481 e. The zero-order valence-electron chi connectivity index (χ0n) is 13.7. The highest BCUT2D eigenvalue weighted by Gasteiger charge is 2.23. The fourth-order valence-electron chi connectivity index (χ4n) is 1.91. The molecule has 132 valence electrons. The van der Waals surface area contributed by atoms with E-state index in [-0.39, 0.29) is 22.9 Å². The summed E-state index contributed by atoms with van der Waals surface area (Å²) in [5.74, 6) is 5.46. The molecule has 0 atom stereocenters. The number of hydrogen-bond donors (Lipinski definition) is 1. The van der Waals surface area contributed by atoms with Gasteiger partial charge in [0.1, 0.15) is 22.1 Å². The third-order valence-electron chi connectivity index (χ3n) is 3.16. The molecule has 0 bridgehead atoms. The van der Waals surface area contributed by atoms with E-state index in [1.54, 1.807) is 0 Å². The van der Waals surface area contributed by atoms with E-state index >= 15 is 0 Å². The summed E-state index contributed by atoms with van der Waals surface area (Å²) in [6.45, 7) is 1.99. The van der Waals surface area contributed by atoms with Crippen molar-refractivity contribution in [3.63, 3.8) is 0 Å². The Morgan fingerprint density at radius 2 is 2.00 bits per heavy atom. The van der Waals surface area contributed by atoms with Crippen LogP contribution in [0.3, 0.4) is 0 Å². The van der Waals surface area contributed by atoms with Crippen molar-refractivity contribution in [3.05, 3.63) is 46.2 Å². The standard InChI is InChI=1S/C17H17NO5S2/c1-13-7-3-4-8-14(13)23-11-6-5-10-18-25(20,21)15-9-12-24-16(15)17(19)22-2/h3-4,7-9,12,18H,10-11H2,1-2H3. The number of sulfonamides is 1. The van der Waals surface area contributed by atoms with Gasteiger partial charge >= 0.3 is 5.97 Å². The van der Waals surface area contributed by atoms with Crippen molar-refractivity contribution in [2.75, 3.05) is 20.3 Å². The maximum atomic E-state index is 12.2. The van der Waals surface area contributed by atoms with Crippen LogP contribution >= 0.6 is 11.3 Å². The summed E-state index contributed by atoms with van der Waals surface area (Å²) >= 11 is 1.01. The van der Waals surface area contributed by atoms with Gasteiger partial charge in [0.15, 0.2) is 0 Å². The number of aryl methyl sites for hydroxylation is 1. The maximum absolute atomic E-state index is 12.2. The lowest BCUT2D eigenvalue weighted by molar-refractivity contribution is 0.0602. The zero-order chi connectivity index (χ0) is 18.3. The molecule has 0 radical (unpaired) electrons. The molecule has 0 aliphatic rings. The van der Waals surface area contributed by atoms with Gasteiger partial charge in [-0.25, -0.2) is 13.2 Å². The van der Waals surface area contributed by atoms with Gasteiger partial charge in [-0.3, -0.25) is 0 Å². The van der Waals surface area contributed by atoms with Crippen LogP contribution in [0.25, 0.3) is 0 Å². The number of rotatable bonds is 6. The molecule has 25 heavy (non-hydrogen) atoms. The van der Waals surface area contributed by atoms with Gasteiger partial charge in [0.25, 0.3) is 0 Å². The molecule has 2 rings (SSSR count). The molecule has 0 spiro atoms. The maximum Gasteiger partial charge on any atom is 0.349 e. The number of nitrogens with one attached hydrogen (secondary N) is 1. The zero-order valence-corrected chi connectivity index (χ0v) is 15.4. The number of hydrogen-bond acceptors (Lipinski definition) is 6. The first-order chi connectivity index (χ1) is 12.0. The minimum atomic E-state index is -3.83. The second-order valence-electron chi connectivity index (χ2n) is 4.84. The molecule has 6 nitrogen and oxygen atoms in total. The van der Waals surface area contributed by atoms with E-state index in [1.165, 1.54) is 18.6 Å². The Hall–Kier alpha value is -2.34. The number of esters is 1. The van der Waals surface area contributed by atoms with Crippen LogP contribution in [-0.2, 0) is 14.8 Å². The van der Waals surface area contributed by atoms with Crippen molar-refractivity contribution < 1.29 is 22.7 Å². The summed E-state index contributed by atoms with van der Waals surface area (Å²) in [4.78, 5) is 11.5. The number of methoxy groups -OCH3 is 1. The fraction of sp³-hybridized carbons (Fsp3) is 0.235. The lowest BCUT2D eigenvalue weighted by atomic mass is 10.2. The van der Waals surface area contributed by atoms with E-state index in [9.17, 15) is 13.2 Å². The normalized spacial score (nSPS) is 10.6. The molecule has 1 heterocycles. The number of para-hydroxylation sites is 1. The number of thiophene rings is 1. The van der Waals surface area contributed by atoms with Gasteiger partial charge in [-0.2, -0.15) is 4.72 Å². The second kappa shape index (κ2) is 8.67. The van der Waals surface area contributed by atoms with Gasteiger partial charge in [-0.15, -0.1) is 11.3 Å². The second-order valence-corrected chi connectivity index (χ2v) is 7.49. The first-order valence-corrected chi connectivity index (χ1v) is 9.61. The summed E-state index contributed by atoms with van der Waals surface area (Å²) in [7, 11) is -2.63. The number of ether oxygens (including phenoxy) is 2. The lowest BCUT2D eigenvalue weighted by Gasteiger charge is -2.05. The van der Waals surface area contributed by atoms with E-state index in [2.05, 4.69) is 21.3 Å². The van der Waals surface area contributed by atoms with Crippen molar-refractivity contribution in [1.29, 1.82) is 0 Å². The number of carbonyl (C=O) groups excluding carboxylic acids is 1. The molecule has 0 aliphatic carbocycles. The molecule has 0 unspecified atom stereocenters. The molecule has 0 aliphatic heterocycles. The molecule has 0 amide bonds. The average molecular weight is 379 g/mol. The van der Waals surface area contributed by atoms with Crippen LogP contribution in [0.5, 0.6) is 5.75 Å². The third-order valence-corrected chi connectivity index (χ3v) is 5.63. The van der Waals surface area contributed by atoms with Crippen LogP contribution in [-0.4, -0.2) is 34.6 Å². The quantitative estimate of drug-likeness (QED) is 0.615. The van der Waals surface area contributed by atoms with Crippen LogP contribution in [0.15, 0.2) is 40.6 Å². The van der Waals surface area contributed by atoms with Crippen LogP contribution in [0, 0.1) is 18.8 Å². The van der Waals surface area contributed by atoms with Crippen molar-refractivity contribution in [1.82, 2.24) is 4.72 Å². The Bertz CT molecular complexity index is 906. The van der Waals surface area contributed by atoms with Crippen molar-refractivity contribution in [3.8, 4) is 17.6 Å².